The molecule has 0 radical (unpaired) electrons. The Bertz CT molecular complexity index is 552. The third-order valence-electron chi connectivity index (χ3n) is 4.68. The normalized spacial score (nSPS) is 34.8. The molecule has 2 aliphatic carbocycles. The summed E-state index contributed by atoms with van der Waals surface area (Å²) in [5.41, 5.74) is 2.40. The molecule has 0 saturated heterocycles. The first-order valence-electron chi connectivity index (χ1n) is 6.16. The van der Waals surface area contributed by atoms with Gasteiger partial charge in [0.05, 0.1) is 0 Å². The van der Waals surface area contributed by atoms with E-state index >= 15 is 0 Å². The molecule has 2 fully saturated rings. The quantitative estimate of drug-likeness (QED) is 0.710. The second-order valence-corrected chi connectivity index (χ2v) is 6.62. The van der Waals surface area contributed by atoms with Gasteiger partial charge in [-0.15, -0.1) is 0 Å². The summed E-state index contributed by atoms with van der Waals surface area (Å²) in [5, 5.41) is 0. The molecule has 2 aromatic carbocycles. The lowest BCUT2D eigenvalue weighted by atomic mass is 10.0. The summed E-state index contributed by atoms with van der Waals surface area (Å²) in [7, 11) is 0. The Labute approximate surface area is 117 Å². The van der Waals surface area contributed by atoms with Crippen molar-refractivity contribution >= 4 is 23.2 Å². The van der Waals surface area contributed by atoms with E-state index in [1.165, 1.54) is 11.1 Å². The van der Waals surface area contributed by atoms with Crippen LogP contribution in [0.4, 0.5) is 0 Å². The molecule has 0 N–H and O–H groups in total. The van der Waals surface area contributed by atoms with E-state index in [1.54, 1.807) is 0 Å². The van der Waals surface area contributed by atoms with Crippen LogP contribution in [0.15, 0.2) is 60.7 Å². The van der Waals surface area contributed by atoms with E-state index in [4.69, 9.17) is 23.2 Å². The van der Waals surface area contributed by atoms with Crippen molar-refractivity contribution in [2.75, 3.05) is 0 Å². The number of hydrogen-bond donors (Lipinski definition) is 0. The van der Waals surface area contributed by atoms with Crippen LogP contribution in [-0.2, 0) is 10.8 Å². The van der Waals surface area contributed by atoms with Crippen molar-refractivity contribution < 1.29 is 0 Å². The summed E-state index contributed by atoms with van der Waals surface area (Å²) >= 11 is 13.2. The molecule has 0 aromatic heterocycles. The Morgan fingerprint density at radius 1 is 0.667 bits per heavy atom. The fourth-order valence-electron chi connectivity index (χ4n) is 3.58. The van der Waals surface area contributed by atoms with Gasteiger partial charge in [-0.1, -0.05) is 83.9 Å². The Morgan fingerprint density at radius 2 is 1.06 bits per heavy atom. The van der Waals surface area contributed by atoms with Crippen molar-refractivity contribution in [1.29, 1.82) is 0 Å². The average molecular weight is 275 g/mol. The minimum atomic E-state index is -0.650. The Hall–Kier alpha value is -0.980. The van der Waals surface area contributed by atoms with E-state index in [9.17, 15) is 0 Å². The van der Waals surface area contributed by atoms with Crippen molar-refractivity contribution in [3.05, 3.63) is 71.8 Å². The van der Waals surface area contributed by atoms with E-state index in [-0.39, 0.29) is 10.8 Å². The number of rotatable bonds is 2. The molecule has 90 valence electrons. The number of fused-ring (bicyclic) bond motifs is 1. The largest absolute Gasteiger partial charge is 0.139 e. The van der Waals surface area contributed by atoms with Gasteiger partial charge in [-0.25, -0.2) is 0 Å². The fourth-order valence-corrected chi connectivity index (χ4v) is 4.84. The summed E-state index contributed by atoms with van der Waals surface area (Å²) in [5.74, 6) is 0. The van der Waals surface area contributed by atoms with Gasteiger partial charge in [-0.3, -0.25) is 0 Å². The van der Waals surface area contributed by atoms with Gasteiger partial charge in [0.15, 0.2) is 0 Å². The summed E-state index contributed by atoms with van der Waals surface area (Å²) in [6.07, 6.45) is 1.06. The molecule has 2 heteroatoms. The van der Waals surface area contributed by atoms with Crippen molar-refractivity contribution in [3.8, 4) is 0 Å². The third kappa shape index (κ3) is 0.941. The van der Waals surface area contributed by atoms with Crippen LogP contribution < -0.4 is 0 Å². The SMILES string of the molecule is ClC1(Cl)C2(c3ccccc3)CC12c1ccccc1. The van der Waals surface area contributed by atoms with Gasteiger partial charge in [0.1, 0.15) is 4.33 Å². The molecule has 0 amide bonds. The monoisotopic (exact) mass is 274 g/mol. The number of halogens is 2. The molecule has 2 saturated carbocycles. The first-order chi connectivity index (χ1) is 8.67. The number of benzene rings is 2. The van der Waals surface area contributed by atoms with E-state index in [0.29, 0.717) is 0 Å². The van der Waals surface area contributed by atoms with Crippen molar-refractivity contribution in [3.63, 3.8) is 0 Å². The average Bonchev–Trinajstić information content (AvgIpc) is 3.25. The first kappa shape index (κ1) is 10.9. The summed E-state index contributed by atoms with van der Waals surface area (Å²) in [4.78, 5) is 0. The lowest BCUT2D eigenvalue weighted by Gasteiger charge is -2.16. The Balaban J connectivity index is 1.84. The van der Waals surface area contributed by atoms with Gasteiger partial charge in [0.25, 0.3) is 0 Å². The molecule has 2 aromatic rings. The Morgan fingerprint density at radius 3 is 1.39 bits per heavy atom. The molecule has 0 nitrogen and oxygen atoms in total. The van der Waals surface area contributed by atoms with Gasteiger partial charge in [0, 0.05) is 10.8 Å². The maximum absolute atomic E-state index is 6.59. The van der Waals surface area contributed by atoms with E-state index in [2.05, 4.69) is 48.5 Å². The highest BCUT2D eigenvalue weighted by molar-refractivity contribution is 6.55. The fraction of sp³-hybridized carbons (Fsp3) is 0.250. The van der Waals surface area contributed by atoms with Crippen LogP contribution in [0.2, 0.25) is 0 Å². The molecule has 18 heavy (non-hydrogen) atoms. The molecule has 4 rings (SSSR count). The van der Waals surface area contributed by atoms with Gasteiger partial charge in [0.2, 0.25) is 0 Å². The molecular weight excluding hydrogens is 263 g/mol. The van der Waals surface area contributed by atoms with Crippen LogP contribution in [0, 0.1) is 0 Å². The maximum Gasteiger partial charge on any atom is 0.139 e. The predicted octanol–water partition coefficient (Wildman–Crippen LogP) is 4.45. The number of hydrogen-bond acceptors (Lipinski definition) is 0. The van der Waals surface area contributed by atoms with Crippen LogP contribution in [0.25, 0.3) is 0 Å². The van der Waals surface area contributed by atoms with E-state index in [1.807, 2.05) is 12.1 Å². The van der Waals surface area contributed by atoms with Gasteiger partial charge in [-0.05, 0) is 17.5 Å². The molecular formula is C16H12Cl2. The van der Waals surface area contributed by atoms with Crippen LogP contribution >= 0.6 is 23.2 Å². The van der Waals surface area contributed by atoms with Gasteiger partial charge in [-0.2, -0.15) is 0 Å². The van der Waals surface area contributed by atoms with Crippen LogP contribution in [0.3, 0.4) is 0 Å². The molecule has 0 aliphatic heterocycles. The van der Waals surface area contributed by atoms with Crippen LogP contribution in [-0.4, -0.2) is 4.33 Å². The highest BCUT2D eigenvalue weighted by Gasteiger charge is 3.00. The zero-order valence-corrected chi connectivity index (χ0v) is 11.2. The third-order valence-corrected chi connectivity index (χ3v) is 5.97. The minimum absolute atomic E-state index is 0.0638. The standard InChI is InChI=1S/C16H12Cl2/c17-16(18)14(12-7-3-1-4-8-12)11-15(14,16)13-9-5-2-6-10-13/h1-10H,11H2. The van der Waals surface area contributed by atoms with E-state index in [0.717, 1.165) is 6.42 Å². The zero-order valence-electron chi connectivity index (χ0n) is 9.74. The zero-order chi connectivity index (χ0) is 12.4. The smallest absolute Gasteiger partial charge is 0.0996 e. The second-order valence-electron chi connectivity index (χ2n) is 5.29. The second kappa shape index (κ2) is 3.12. The lowest BCUT2D eigenvalue weighted by Crippen LogP contribution is -2.17. The maximum atomic E-state index is 6.59. The first-order valence-corrected chi connectivity index (χ1v) is 6.91. The molecule has 2 unspecified atom stereocenters. The highest BCUT2D eigenvalue weighted by atomic mass is 35.5. The summed E-state index contributed by atoms with van der Waals surface area (Å²) in [6, 6.07) is 20.8. The minimum Gasteiger partial charge on any atom is -0.0996 e. The highest BCUT2D eigenvalue weighted by Crippen LogP contribution is 2.95. The Kier molecular flexibility index (Phi) is 1.89. The van der Waals surface area contributed by atoms with Crippen LogP contribution in [0.5, 0.6) is 0 Å². The molecule has 0 bridgehead atoms. The lowest BCUT2D eigenvalue weighted by molar-refractivity contribution is 0.739. The molecule has 2 atom stereocenters. The van der Waals surface area contributed by atoms with Gasteiger partial charge >= 0.3 is 0 Å². The topological polar surface area (TPSA) is 0 Å². The summed E-state index contributed by atoms with van der Waals surface area (Å²) < 4.78 is -0.650. The predicted molar refractivity (Wildman–Crippen MR) is 75.3 cm³/mol. The van der Waals surface area contributed by atoms with Crippen molar-refractivity contribution in [2.45, 2.75) is 21.6 Å². The van der Waals surface area contributed by atoms with Crippen LogP contribution in [0.1, 0.15) is 17.5 Å². The van der Waals surface area contributed by atoms with E-state index < -0.39 is 4.33 Å². The molecule has 0 heterocycles. The number of alkyl halides is 2. The van der Waals surface area contributed by atoms with Crippen molar-refractivity contribution in [1.82, 2.24) is 0 Å². The molecule has 2 aliphatic rings. The molecule has 0 spiro atoms. The van der Waals surface area contributed by atoms with Crippen molar-refractivity contribution in [2.24, 2.45) is 0 Å². The van der Waals surface area contributed by atoms with Gasteiger partial charge < -0.3 is 0 Å². The summed E-state index contributed by atoms with van der Waals surface area (Å²) in [6.45, 7) is 0.